The molecule has 1 aromatic carbocycles. The van der Waals surface area contributed by atoms with Crippen molar-refractivity contribution in [2.45, 2.75) is 19.8 Å². The predicted octanol–water partition coefficient (Wildman–Crippen LogP) is 0.380. The average molecular weight is 345 g/mol. The molecule has 1 heterocycles. The number of piperazine rings is 1. The van der Waals surface area contributed by atoms with Gasteiger partial charge < -0.3 is 20.9 Å². The number of hydrogen-bond donors (Lipinski definition) is 3. The normalized spacial score (nSPS) is 14.6. The third kappa shape index (κ3) is 4.79. The summed E-state index contributed by atoms with van der Waals surface area (Å²) in [5.41, 5.74) is 6.54. The average Bonchev–Trinajstić information content (AvgIpc) is 2.59. The zero-order chi connectivity index (χ0) is 18.4. The molecule has 0 unspecified atom stereocenters. The molecule has 0 spiro atoms. The van der Waals surface area contributed by atoms with E-state index >= 15 is 0 Å². The molecule has 3 amide bonds. The van der Waals surface area contributed by atoms with Crippen molar-refractivity contribution in [1.29, 1.82) is 5.41 Å². The van der Waals surface area contributed by atoms with Crippen LogP contribution in [0.2, 0.25) is 0 Å². The summed E-state index contributed by atoms with van der Waals surface area (Å²) in [7, 11) is 0. The highest BCUT2D eigenvalue weighted by Crippen LogP contribution is 2.11. The number of carbonyl (C=O) groups excluding carboxylic acids is 3. The lowest BCUT2D eigenvalue weighted by atomic mass is 10.2. The van der Waals surface area contributed by atoms with E-state index in [1.54, 1.807) is 29.2 Å². The second-order valence-electron chi connectivity index (χ2n) is 5.87. The molecule has 1 saturated heterocycles. The molecule has 1 fully saturated rings. The van der Waals surface area contributed by atoms with Crippen LogP contribution >= 0.6 is 0 Å². The summed E-state index contributed by atoms with van der Waals surface area (Å²) in [6, 6.07) is 6.61. The van der Waals surface area contributed by atoms with Crippen LogP contribution in [0.4, 0.5) is 5.69 Å². The molecule has 8 heteroatoms. The summed E-state index contributed by atoms with van der Waals surface area (Å²) in [5.74, 6) is -1.32. The lowest BCUT2D eigenvalue weighted by Crippen LogP contribution is -2.54. The van der Waals surface area contributed by atoms with Crippen molar-refractivity contribution in [3.8, 4) is 0 Å². The van der Waals surface area contributed by atoms with Gasteiger partial charge >= 0.3 is 11.8 Å². The maximum Gasteiger partial charge on any atom is 0.312 e. The zero-order valence-corrected chi connectivity index (χ0v) is 14.2. The van der Waals surface area contributed by atoms with E-state index in [9.17, 15) is 14.4 Å². The Labute approximate surface area is 146 Å². The molecule has 1 aromatic rings. The summed E-state index contributed by atoms with van der Waals surface area (Å²) in [6.45, 7) is 3.70. The number of benzene rings is 1. The van der Waals surface area contributed by atoms with Crippen molar-refractivity contribution in [2.24, 2.45) is 5.73 Å². The van der Waals surface area contributed by atoms with Gasteiger partial charge in [0.25, 0.3) is 0 Å². The van der Waals surface area contributed by atoms with Gasteiger partial charge in [-0.2, -0.15) is 0 Å². The summed E-state index contributed by atoms with van der Waals surface area (Å²) < 4.78 is 0. The number of nitrogens with two attached hydrogens (primary N) is 1. The molecule has 25 heavy (non-hydrogen) atoms. The van der Waals surface area contributed by atoms with E-state index in [0.29, 0.717) is 30.9 Å². The van der Waals surface area contributed by atoms with E-state index in [-0.39, 0.29) is 24.7 Å². The molecule has 134 valence electrons. The van der Waals surface area contributed by atoms with Gasteiger partial charge in [-0.1, -0.05) is 6.92 Å². The van der Waals surface area contributed by atoms with Crippen molar-refractivity contribution in [3.63, 3.8) is 0 Å². The first-order chi connectivity index (χ1) is 11.9. The molecule has 4 N–H and O–H groups in total. The number of nitrogen functional groups attached to an aromatic ring is 1. The molecular formula is C17H23N5O3. The van der Waals surface area contributed by atoms with E-state index in [1.165, 1.54) is 4.90 Å². The summed E-state index contributed by atoms with van der Waals surface area (Å²) in [5, 5.41) is 10.0. The van der Waals surface area contributed by atoms with Gasteiger partial charge in [0.2, 0.25) is 5.91 Å². The highest BCUT2D eigenvalue weighted by molar-refractivity contribution is 6.35. The highest BCUT2D eigenvalue weighted by atomic mass is 16.2. The van der Waals surface area contributed by atoms with E-state index in [2.05, 4.69) is 5.32 Å². The maximum absolute atomic E-state index is 12.1. The van der Waals surface area contributed by atoms with Gasteiger partial charge in [-0.05, 0) is 30.7 Å². The van der Waals surface area contributed by atoms with Crippen LogP contribution in [-0.2, 0) is 14.4 Å². The second-order valence-corrected chi connectivity index (χ2v) is 5.87. The number of carbonyl (C=O) groups is 3. The Bertz CT molecular complexity index is 671. The first-order valence-electron chi connectivity index (χ1n) is 8.25. The van der Waals surface area contributed by atoms with Gasteiger partial charge in [0.05, 0.1) is 0 Å². The monoisotopic (exact) mass is 345 g/mol. The SMILES string of the molecule is CCCN1CCN(CCC(=O)Nc2ccc(C(=N)N)cc2)C(=O)C1=O. The standard InChI is InChI=1S/C17H23N5O3/c1-2-8-21-10-11-22(17(25)16(21)24)9-7-14(23)20-13-5-3-12(4-6-13)15(18)19/h3-6H,2,7-11H2,1H3,(H3,18,19)(H,20,23). The first kappa shape index (κ1) is 18.4. The minimum Gasteiger partial charge on any atom is -0.384 e. The fourth-order valence-electron chi connectivity index (χ4n) is 2.60. The predicted molar refractivity (Wildman–Crippen MR) is 94.2 cm³/mol. The van der Waals surface area contributed by atoms with E-state index in [0.717, 1.165) is 6.42 Å². The minimum absolute atomic E-state index is 0.0386. The van der Waals surface area contributed by atoms with Crippen molar-refractivity contribution in [1.82, 2.24) is 9.80 Å². The number of hydrogen-bond acceptors (Lipinski definition) is 4. The number of anilines is 1. The van der Waals surface area contributed by atoms with Crippen molar-refractivity contribution in [2.75, 3.05) is 31.5 Å². The second kappa shape index (κ2) is 8.27. The number of rotatable bonds is 7. The Morgan fingerprint density at radius 2 is 1.68 bits per heavy atom. The van der Waals surface area contributed by atoms with Gasteiger partial charge in [-0.25, -0.2) is 0 Å². The van der Waals surface area contributed by atoms with E-state index in [4.69, 9.17) is 11.1 Å². The molecule has 1 aliphatic rings. The fourth-order valence-corrected chi connectivity index (χ4v) is 2.60. The molecule has 0 aromatic heterocycles. The van der Waals surface area contributed by atoms with Gasteiger partial charge in [0.1, 0.15) is 5.84 Å². The topological polar surface area (TPSA) is 120 Å². The van der Waals surface area contributed by atoms with Crippen LogP contribution in [0.25, 0.3) is 0 Å². The summed E-state index contributed by atoms with van der Waals surface area (Å²) in [6.07, 6.45) is 0.922. The smallest absolute Gasteiger partial charge is 0.312 e. The van der Waals surface area contributed by atoms with Crippen LogP contribution in [0.5, 0.6) is 0 Å². The molecule has 0 radical (unpaired) electrons. The summed E-state index contributed by atoms with van der Waals surface area (Å²) in [4.78, 5) is 39.0. The molecular weight excluding hydrogens is 322 g/mol. The Morgan fingerprint density at radius 3 is 2.20 bits per heavy atom. The Morgan fingerprint density at radius 1 is 1.12 bits per heavy atom. The molecule has 2 rings (SSSR count). The van der Waals surface area contributed by atoms with Gasteiger partial charge in [-0.3, -0.25) is 19.8 Å². The number of amidine groups is 1. The van der Waals surface area contributed by atoms with E-state index in [1.807, 2.05) is 6.92 Å². The number of nitrogens with zero attached hydrogens (tertiary/aromatic N) is 2. The molecule has 1 aliphatic heterocycles. The fraction of sp³-hybridized carbons (Fsp3) is 0.412. The molecule has 8 nitrogen and oxygen atoms in total. The third-order valence-electron chi connectivity index (χ3n) is 3.98. The van der Waals surface area contributed by atoms with Crippen LogP contribution in [0.1, 0.15) is 25.3 Å². The highest BCUT2D eigenvalue weighted by Gasteiger charge is 2.31. The number of amides is 3. The minimum atomic E-state index is -0.543. The lowest BCUT2D eigenvalue weighted by Gasteiger charge is -2.33. The van der Waals surface area contributed by atoms with Crippen LogP contribution in [0.3, 0.4) is 0 Å². The molecule has 0 bridgehead atoms. The Hall–Kier alpha value is -2.90. The molecule has 0 atom stereocenters. The van der Waals surface area contributed by atoms with Crippen LogP contribution in [0.15, 0.2) is 24.3 Å². The van der Waals surface area contributed by atoms with Gasteiger partial charge in [-0.15, -0.1) is 0 Å². The third-order valence-corrected chi connectivity index (χ3v) is 3.98. The Balaban J connectivity index is 1.83. The summed E-state index contributed by atoms with van der Waals surface area (Å²) >= 11 is 0. The van der Waals surface area contributed by atoms with Crippen molar-refractivity contribution < 1.29 is 14.4 Å². The van der Waals surface area contributed by atoms with E-state index < -0.39 is 11.8 Å². The quantitative estimate of drug-likeness (QED) is 0.376. The van der Waals surface area contributed by atoms with Crippen molar-refractivity contribution in [3.05, 3.63) is 29.8 Å². The maximum atomic E-state index is 12.1. The van der Waals surface area contributed by atoms with Crippen molar-refractivity contribution >= 4 is 29.2 Å². The van der Waals surface area contributed by atoms with Crippen LogP contribution < -0.4 is 11.1 Å². The first-order valence-corrected chi connectivity index (χ1v) is 8.25. The Kier molecular flexibility index (Phi) is 6.10. The lowest BCUT2D eigenvalue weighted by molar-refractivity contribution is -0.156. The zero-order valence-electron chi connectivity index (χ0n) is 14.2. The van der Waals surface area contributed by atoms with Crippen LogP contribution in [0, 0.1) is 5.41 Å². The molecule has 0 aliphatic carbocycles. The van der Waals surface area contributed by atoms with Crippen LogP contribution in [-0.4, -0.2) is 59.5 Å². The molecule has 0 saturated carbocycles. The number of nitrogens with one attached hydrogen (secondary N) is 2. The van der Waals surface area contributed by atoms with Gasteiger partial charge in [0.15, 0.2) is 0 Å². The largest absolute Gasteiger partial charge is 0.384 e. The van der Waals surface area contributed by atoms with Gasteiger partial charge in [0, 0.05) is 43.9 Å².